The number of sulfone groups is 1. The molecule has 3 N–H and O–H groups in total. The lowest BCUT2D eigenvalue weighted by Crippen LogP contribution is -2.40. The summed E-state index contributed by atoms with van der Waals surface area (Å²) in [4.78, 5) is 6.64. The van der Waals surface area contributed by atoms with Crippen molar-refractivity contribution >= 4 is 26.6 Å². The number of nitrogens with zero attached hydrogens (tertiary/aromatic N) is 3. The normalized spacial score (nSPS) is 16.8. The van der Waals surface area contributed by atoms with Gasteiger partial charge in [0.15, 0.2) is 9.84 Å². The minimum atomic E-state index is -2.82. The average molecular weight is 416 g/mol. The zero-order valence-corrected chi connectivity index (χ0v) is 17.0. The fourth-order valence-corrected chi connectivity index (χ4v) is 4.79. The van der Waals surface area contributed by atoms with Crippen molar-refractivity contribution in [1.29, 1.82) is 0 Å². The van der Waals surface area contributed by atoms with Crippen molar-refractivity contribution in [2.75, 3.05) is 43.5 Å². The van der Waals surface area contributed by atoms with Crippen LogP contribution in [0.2, 0.25) is 0 Å². The molecule has 29 heavy (non-hydrogen) atoms. The number of nitrogen functional groups attached to an aromatic ring is 1. The summed E-state index contributed by atoms with van der Waals surface area (Å²) in [6.45, 7) is 2.74. The van der Waals surface area contributed by atoms with Gasteiger partial charge in [-0.05, 0) is 37.6 Å². The average Bonchev–Trinajstić information content (AvgIpc) is 3.23. The van der Waals surface area contributed by atoms with E-state index < -0.39 is 9.84 Å². The number of rotatable bonds is 7. The van der Waals surface area contributed by atoms with Gasteiger partial charge in [0.25, 0.3) is 0 Å². The lowest BCUT2D eigenvalue weighted by Gasteiger charge is -2.26. The number of hydrogen-bond donors (Lipinski definition) is 2. The molecule has 0 aliphatic carbocycles. The number of benzene rings is 1. The lowest BCUT2D eigenvalue weighted by atomic mass is 10.1. The van der Waals surface area contributed by atoms with Crippen molar-refractivity contribution < 1.29 is 13.2 Å². The minimum Gasteiger partial charge on any atom is -0.493 e. The van der Waals surface area contributed by atoms with Gasteiger partial charge in [0.2, 0.25) is 0 Å². The van der Waals surface area contributed by atoms with Crippen LogP contribution in [0, 0.1) is 0 Å². The standard InChI is InChI=1S/C20H25N5O3S/c21-20-14-19(28-10-2-1-7-25-8-11-29(26,27)12-9-25)16-4-3-15(13-18(16)23-20)17-5-6-22-24-17/h3-6,13-14H,1-2,7-12H2,(H2,21,23)(H,22,24). The smallest absolute Gasteiger partial charge is 0.152 e. The Morgan fingerprint density at radius 2 is 1.97 bits per heavy atom. The Balaban J connectivity index is 1.34. The fraction of sp³-hybridized carbons (Fsp3) is 0.400. The first kappa shape index (κ1) is 19.7. The molecule has 3 aromatic rings. The van der Waals surface area contributed by atoms with E-state index in [1.807, 2.05) is 24.3 Å². The van der Waals surface area contributed by atoms with Crippen LogP contribution >= 0.6 is 0 Å². The van der Waals surface area contributed by atoms with Crippen LogP contribution in [0.1, 0.15) is 12.8 Å². The van der Waals surface area contributed by atoms with Crippen molar-refractivity contribution in [2.24, 2.45) is 0 Å². The molecule has 1 aliphatic rings. The molecule has 0 saturated carbocycles. The molecule has 8 nitrogen and oxygen atoms in total. The van der Waals surface area contributed by atoms with Gasteiger partial charge in [-0.1, -0.05) is 6.07 Å². The molecule has 1 aromatic carbocycles. The van der Waals surface area contributed by atoms with Crippen molar-refractivity contribution in [2.45, 2.75) is 12.8 Å². The van der Waals surface area contributed by atoms with E-state index in [1.165, 1.54) is 0 Å². The van der Waals surface area contributed by atoms with E-state index in [0.29, 0.717) is 25.5 Å². The first-order valence-electron chi connectivity index (χ1n) is 9.76. The number of nitrogens with one attached hydrogen (secondary N) is 1. The maximum Gasteiger partial charge on any atom is 0.152 e. The Bertz CT molecular complexity index is 1070. The maximum atomic E-state index is 11.5. The largest absolute Gasteiger partial charge is 0.493 e. The highest BCUT2D eigenvalue weighted by Gasteiger charge is 2.20. The summed E-state index contributed by atoms with van der Waals surface area (Å²) in [5.74, 6) is 1.69. The number of H-pyrrole nitrogens is 1. The van der Waals surface area contributed by atoms with Gasteiger partial charge < -0.3 is 15.4 Å². The molecule has 0 radical (unpaired) electrons. The first-order chi connectivity index (χ1) is 14.0. The summed E-state index contributed by atoms with van der Waals surface area (Å²) in [5, 5.41) is 7.85. The molecule has 0 unspecified atom stereocenters. The van der Waals surface area contributed by atoms with Crippen LogP contribution in [-0.2, 0) is 9.84 Å². The van der Waals surface area contributed by atoms with Crippen LogP contribution in [0.4, 0.5) is 5.82 Å². The molecule has 0 atom stereocenters. The Hall–Kier alpha value is -2.65. The predicted octanol–water partition coefficient (Wildman–Crippen LogP) is 2.10. The molecule has 2 aromatic heterocycles. The lowest BCUT2D eigenvalue weighted by molar-refractivity contribution is 0.263. The van der Waals surface area contributed by atoms with E-state index in [0.717, 1.165) is 47.3 Å². The third-order valence-corrected chi connectivity index (χ3v) is 6.78. The summed E-state index contributed by atoms with van der Waals surface area (Å²) in [6.07, 6.45) is 3.56. The molecular weight excluding hydrogens is 390 g/mol. The minimum absolute atomic E-state index is 0.270. The van der Waals surface area contributed by atoms with Gasteiger partial charge in [-0.2, -0.15) is 5.10 Å². The molecule has 4 rings (SSSR count). The highest BCUT2D eigenvalue weighted by atomic mass is 32.2. The number of aromatic amines is 1. The number of hydrogen-bond acceptors (Lipinski definition) is 7. The van der Waals surface area contributed by atoms with Crippen molar-refractivity contribution in [1.82, 2.24) is 20.1 Å². The van der Waals surface area contributed by atoms with E-state index >= 15 is 0 Å². The van der Waals surface area contributed by atoms with Crippen LogP contribution in [0.3, 0.4) is 0 Å². The third-order valence-electron chi connectivity index (χ3n) is 5.17. The number of anilines is 1. The van der Waals surface area contributed by atoms with Crippen LogP contribution < -0.4 is 10.5 Å². The number of fused-ring (bicyclic) bond motifs is 1. The second kappa shape index (κ2) is 8.38. The number of unbranched alkanes of at least 4 members (excludes halogenated alkanes) is 1. The monoisotopic (exact) mass is 415 g/mol. The summed E-state index contributed by atoms with van der Waals surface area (Å²) in [5.41, 5.74) is 8.66. The molecule has 1 saturated heterocycles. The number of ether oxygens (including phenoxy) is 1. The number of aromatic nitrogens is 3. The summed E-state index contributed by atoms with van der Waals surface area (Å²) in [6, 6.07) is 9.62. The van der Waals surface area contributed by atoms with E-state index in [1.54, 1.807) is 12.3 Å². The molecular formula is C20H25N5O3S. The highest BCUT2D eigenvalue weighted by Crippen LogP contribution is 2.30. The van der Waals surface area contributed by atoms with Crippen molar-refractivity contribution in [3.05, 3.63) is 36.5 Å². The van der Waals surface area contributed by atoms with E-state index in [-0.39, 0.29) is 11.5 Å². The SMILES string of the molecule is Nc1cc(OCCCCN2CCS(=O)(=O)CC2)c2ccc(-c3ccn[nH]3)cc2n1. The third kappa shape index (κ3) is 4.86. The van der Waals surface area contributed by atoms with Gasteiger partial charge in [-0.3, -0.25) is 5.10 Å². The Morgan fingerprint density at radius 3 is 2.72 bits per heavy atom. The predicted molar refractivity (Wildman–Crippen MR) is 114 cm³/mol. The van der Waals surface area contributed by atoms with Crippen LogP contribution in [0.25, 0.3) is 22.2 Å². The van der Waals surface area contributed by atoms with E-state index in [9.17, 15) is 8.42 Å². The zero-order valence-electron chi connectivity index (χ0n) is 16.2. The van der Waals surface area contributed by atoms with Crippen molar-refractivity contribution in [3.63, 3.8) is 0 Å². The summed E-state index contributed by atoms with van der Waals surface area (Å²) >= 11 is 0. The van der Waals surface area contributed by atoms with Gasteiger partial charge in [-0.25, -0.2) is 13.4 Å². The second-order valence-electron chi connectivity index (χ2n) is 7.30. The zero-order chi connectivity index (χ0) is 20.3. The van der Waals surface area contributed by atoms with Crippen LogP contribution in [-0.4, -0.2) is 66.2 Å². The molecule has 0 amide bonds. The summed E-state index contributed by atoms with van der Waals surface area (Å²) in [7, 11) is -2.82. The molecule has 0 bridgehead atoms. The molecule has 0 spiro atoms. The van der Waals surface area contributed by atoms with Crippen LogP contribution in [0.5, 0.6) is 5.75 Å². The Morgan fingerprint density at radius 1 is 1.14 bits per heavy atom. The number of pyridine rings is 1. The van der Waals surface area contributed by atoms with E-state index in [4.69, 9.17) is 10.5 Å². The van der Waals surface area contributed by atoms with Gasteiger partial charge in [0.1, 0.15) is 11.6 Å². The topological polar surface area (TPSA) is 114 Å². The molecule has 1 fully saturated rings. The van der Waals surface area contributed by atoms with Gasteiger partial charge in [0, 0.05) is 36.3 Å². The fourth-order valence-electron chi connectivity index (χ4n) is 3.51. The van der Waals surface area contributed by atoms with Gasteiger partial charge in [-0.15, -0.1) is 0 Å². The summed E-state index contributed by atoms with van der Waals surface area (Å²) < 4.78 is 29.0. The van der Waals surface area contributed by atoms with E-state index in [2.05, 4.69) is 20.1 Å². The molecule has 9 heteroatoms. The molecule has 1 aliphatic heterocycles. The quantitative estimate of drug-likeness (QED) is 0.568. The molecule has 154 valence electrons. The van der Waals surface area contributed by atoms with Gasteiger partial charge >= 0.3 is 0 Å². The van der Waals surface area contributed by atoms with Crippen LogP contribution in [0.15, 0.2) is 36.5 Å². The highest BCUT2D eigenvalue weighted by molar-refractivity contribution is 7.91. The Kier molecular flexibility index (Phi) is 5.68. The van der Waals surface area contributed by atoms with Gasteiger partial charge in [0.05, 0.1) is 29.3 Å². The number of nitrogens with two attached hydrogens (primary N) is 1. The Labute approximate surface area is 170 Å². The second-order valence-corrected chi connectivity index (χ2v) is 9.60. The maximum absolute atomic E-state index is 11.5. The van der Waals surface area contributed by atoms with Crippen molar-refractivity contribution in [3.8, 4) is 17.0 Å². The molecule has 3 heterocycles. The first-order valence-corrected chi connectivity index (χ1v) is 11.6.